The van der Waals surface area contributed by atoms with Crippen LogP contribution in [0.5, 0.6) is 0 Å². The Hall–Kier alpha value is -1.76. The molecule has 0 spiro atoms. The van der Waals surface area contributed by atoms with Gasteiger partial charge in [0.2, 0.25) is 0 Å². The van der Waals surface area contributed by atoms with Crippen LogP contribution in [0, 0.1) is 0 Å². The molecule has 1 aromatic rings. The smallest absolute Gasteiger partial charge is 0.343 e. The van der Waals surface area contributed by atoms with Gasteiger partial charge >= 0.3 is 5.97 Å². The third-order valence-electron chi connectivity index (χ3n) is 2.70. The highest BCUT2D eigenvalue weighted by Gasteiger charge is 2.27. The summed E-state index contributed by atoms with van der Waals surface area (Å²) in [7, 11) is 1.28. The number of methoxy groups -OCH3 is 1. The molecule has 106 valence electrons. The van der Waals surface area contributed by atoms with Gasteiger partial charge in [0.15, 0.2) is 0 Å². The summed E-state index contributed by atoms with van der Waals surface area (Å²) in [5.41, 5.74) is 11.5. The van der Waals surface area contributed by atoms with Crippen LogP contribution in [-0.4, -0.2) is 32.1 Å². The van der Waals surface area contributed by atoms with Gasteiger partial charge < -0.3 is 21.1 Å². The lowest BCUT2D eigenvalue weighted by molar-refractivity contribution is 0.0603. The lowest BCUT2D eigenvalue weighted by Gasteiger charge is -2.21. The fourth-order valence-corrected chi connectivity index (χ4v) is 2.96. The molecule has 0 fully saturated rings. The molecular formula is C12H19N3O3S. The number of esters is 1. The summed E-state index contributed by atoms with van der Waals surface area (Å²) in [6, 6.07) is 0. The molecule has 19 heavy (non-hydrogen) atoms. The van der Waals surface area contributed by atoms with Crippen LogP contribution in [0.2, 0.25) is 0 Å². The van der Waals surface area contributed by atoms with Crippen molar-refractivity contribution >= 4 is 33.9 Å². The van der Waals surface area contributed by atoms with Gasteiger partial charge in [0.1, 0.15) is 15.4 Å². The van der Waals surface area contributed by atoms with Gasteiger partial charge in [0.25, 0.3) is 5.91 Å². The number of thiophene rings is 1. The summed E-state index contributed by atoms with van der Waals surface area (Å²) >= 11 is 1.14. The van der Waals surface area contributed by atoms with E-state index in [-0.39, 0.29) is 16.1 Å². The minimum atomic E-state index is -0.633. The van der Waals surface area contributed by atoms with E-state index in [2.05, 4.69) is 0 Å². The molecule has 0 bridgehead atoms. The molecule has 0 saturated heterocycles. The lowest BCUT2D eigenvalue weighted by atomic mass is 10.2. The molecule has 0 saturated carbocycles. The summed E-state index contributed by atoms with van der Waals surface area (Å²) in [6.45, 7) is 5.47. The number of hydrogen-bond donors (Lipinski definition) is 2. The predicted molar refractivity (Wildman–Crippen MR) is 76.8 cm³/mol. The van der Waals surface area contributed by atoms with E-state index in [0.717, 1.165) is 24.3 Å². The number of carbonyl (C=O) groups is 2. The number of hydrogen-bond acceptors (Lipinski definition) is 6. The lowest BCUT2D eigenvalue weighted by Crippen LogP contribution is -2.24. The second kappa shape index (κ2) is 6.42. The number of nitrogens with two attached hydrogens (primary N) is 2. The van der Waals surface area contributed by atoms with Crippen molar-refractivity contribution in [2.24, 2.45) is 5.73 Å². The summed E-state index contributed by atoms with van der Waals surface area (Å²) in [4.78, 5) is 25.4. The number of anilines is 2. The monoisotopic (exact) mass is 285 g/mol. The molecule has 4 N–H and O–H groups in total. The van der Waals surface area contributed by atoms with Crippen LogP contribution < -0.4 is 16.4 Å². The molecule has 0 unspecified atom stereocenters. The van der Waals surface area contributed by atoms with E-state index in [1.807, 2.05) is 18.7 Å². The number of rotatable bonds is 6. The van der Waals surface area contributed by atoms with Gasteiger partial charge in [0.05, 0.1) is 12.8 Å². The number of nitrogen functional groups attached to an aromatic ring is 1. The maximum Gasteiger partial charge on any atom is 0.343 e. The number of ether oxygens (including phenoxy) is 1. The zero-order valence-electron chi connectivity index (χ0n) is 11.4. The van der Waals surface area contributed by atoms with E-state index in [1.165, 1.54) is 7.11 Å². The second-order valence-corrected chi connectivity index (χ2v) is 4.96. The molecule has 6 nitrogen and oxygen atoms in total. The summed E-state index contributed by atoms with van der Waals surface area (Å²) in [6.07, 6.45) is 0.915. The Morgan fingerprint density at radius 3 is 2.42 bits per heavy atom. The van der Waals surface area contributed by atoms with Crippen molar-refractivity contribution in [3.63, 3.8) is 0 Å². The fraction of sp³-hybridized carbons (Fsp3) is 0.500. The first-order valence-electron chi connectivity index (χ1n) is 6.03. The Morgan fingerprint density at radius 1 is 1.37 bits per heavy atom. The maximum absolute atomic E-state index is 11.8. The third-order valence-corrected chi connectivity index (χ3v) is 3.98. The van der Waals surface area contributed by atoms with Gasteiger partial charge in [0, 0.05) is 13.1 Å². The summed E-state index contributed by atoms with van der Waals surface area (Å²) < 4.78 is 4.73. The van der Waals surface area contributed by atoms with Crippen LogP contribution in [-0.2, 0) is 4.74 Å². The first-order chi connectivity index (χ1) is 8.97. The minimum absolute atomic E-state index is 0.105. The zero-order chi connectivity index (χ0) is 14.6. The van der Waals surface area contributed by atoms with Crippen molar-refractivity contribution in [2.45, 2.75) is 20.3 Å². The third kappa shape index (κ3) is 2.98. The number of amides is 1. The molecule has 1 aromatic heterocycles. The van der Waals surface area contributed by atoms with E-state index < -0.39 is 11.9 Å². The molecule has 0 radical (unpaired) electrons. The van der Waals surface area contributed by atoms with Crippen LogP contribution in [0.15, 0.2) is 0 Å². The summed E-state index contributed by atoms with van der Waals surface area (Å²) in [5.74, 6) is -1.18. The van der Waals surface area contributed by atoms with Crippen molar-refractivity contribution < 1.29 is 14.3 Å². The van der Waals surface area contributed by atoms with E-state index >= 15 is 0 Å². The molecule has 0 aliphatic rings. The Balaban J connectivity index is 3.39. The standard InChI is InChI=1S/C12H19N3O3S/c1-4-6-15(5-2)11-7(12(17)18-3)8(13)9(19-11)10(14)16/h4-6,13H2,1-3H3,(H2,14,16). The van der Waals surface area contributed by atoms with Crippen LogP contribution in [0.25, 0.3) is 0 Å². The fourth-order valence-electron chi connectivity index (χ4n) is 1.81. The molecule has 0 aromatic carbocycles. The number of nitrogens with zero attached hydrogens (tertiary/aromatic N) is 1. The number of carbonyl (C=O) groups excluding carboxylic acids is 2. The van der Waals surface area contributed by atoms with Crippen molar-refractivity contribution in [1.29, 1.82) is 0 Å². The van der Waals surface area contributed by atoms with Gasteiger partial charge in [-0.05, 0) is 13.3 Å². The van der Waals surface area contributed by atoms with Crippen molar-refractivity contribution in [1.82, 2.24) is 0 Å². The highest BCUT2D eigenvalue weighted by atomic mass is 32.1. The Kier molecular flexibility index (Phi) is 5.17. The van der Waals surface area contributed by atoms with E-state index in [4.69, 9.17) is 16.2 Å². The van der Waals surface area contributed by atoms with Crippen LogP contribution >= 0.6 is 11.3 Å². The normalized spacial score (nSPS) is 10.3. The Labute approximate surface area is 116 Å². The van der Waals surface area contributed by atoms with Gasteiger partial charge in [-0.15, -0.1) is 11.3 Å². The highest BCUT2D eigenvalue weighted by Crippen LogP contribution is 2.38. The molecule has 0 aliphatic carbocycles. The molecule has 1 heterocycles. The average Bonchev–Trinajstić information content (AvgIpc) is 2.72. The Bertz CT molecular complexity index is 485. The molecule has 1 amide bonds. The molecule has 0 aliphatic heterocycles. The van der Waals surface area contributed by atoms with Crippen LogP contribution in [0.1, 0.15) is 40.3 Å². The minimum Gasteiger partial charge on any atom is -0.465 e. The Morgan fingerprint density at radius 2 is 2.00 bits per heavy atom. The van der Waals surface area contributed by atoms with Crippen LogP contribution in [0.4, 0.5) is 10.7 Å². The van der Waals surface area contributed by atoms with E-state index in [1.54, 1.807) is 0 Å². The van der Waals surface area contributed by atoms with E-state index in [9.17, 15) is 9.59 Å². The van der Waals surface area contributed by atoms with Gasteiger partial charge in [-0.1, -0.05) is 6.92 Å². The maximum atomic E-state index is 11.8. The van der Waals surface area contributed by atoms with Gasteiger partial charge in [-0.2, -0.15) is 0 Å². The largest absolute Gasteiger partial charge is 0.465 e. The van der Waals surface area contributed by atoms with Gasteiger partial charge in [-0.3, -0.25) is 4.79 Å². The van der Waals surface area contributed by atoms with Crippen LogP contribution in [0.3, 0.4) is 0 Å². The molecule has 1 rings (SSSR count). The zero-order valence-corrected chi connectivity index (χ0v) is 12.2. The van der Waals surface area contributed by atoms with Crippen molar-refractivity contribution in [3.05, 3.63) is 10.4 Å². The van der Waals surface area contributed by atoms with E-state index in [0.29, 0.717) is 11.5 Å². The SMILES string of the molecule is CCCN(CC)c1sc(C(N)=O)c(N)c1C(=O)OC. The predicted octanol–water partition coefficient (Wildman–Crippen LogP) is 1.45. The highest BCUT2D eigenvalue weighted by molar-refractivity contribution is 7.19. The average molecular weight is 285 g/mol. The number of primary amides is 1. The first kappa shape index (κ1) is 15.3. The summed E-state index contributed by atoms with van der Waals surface area (Å²) in [5, 5.41) is 0.641. The molecule has 7 heteroatoms. The first-order valence-corrected chi connectivity index (χ1v) is 6.84. The quantitative estimate of drug-likeness (QED) is 0.771. The van der Waals surface area contributed by atoms with Crippen molar-refractivity contribution in [3.8, 4) is 0 Å². The molecule has 0 atom stereocenters. The second-order valence-electron chi connectivity index (χ2n) is 3.96. The molecular weight excluding hydrogens is 266 g/mol. The van der Waals surface area contributed by atoms with Crippen molar-refractivity contribution in [2.75, 3.05) is 30.8 Å². The van der Waals surface area contributed by atoms with Gasteiger partial charge in [-0.25, -0.2) is 4.79 Å². The topological polar surface area (TPSA) is 98.6 Å².